The van der Waals surface area contributed by atoms with Crippen LogP contribution < -0.4 is 11.1 Å². The van der Waals surface area contributed by atoms with Crippen molar-refractivity contribution in [2.45, 2.75) is 6.92 Å². The van der Waals surface area contributed by atoms with Crippen molar-refractivity contribution < 1.29 is 9.53 Å². The zero-order chi connectivity index (χ0) is 14.3. The first kappa shape index (κ1) is 15.5. The van der Waals surface area contributed by atoms with Crippen molar-refractivity contribution in [3.63, 3.8) is 0 Å². The van der Waals surface area contributed by atoms with Gasteiger partial charge in [0.05, 0.1) is 6.61 Å². The van der Waals surface area contributed by atoms with Crippen LogP contribution in [0.3, 0.4) is 0 Å². The zero-order valence-corrected chi connectivity index (χ0v) is 11.9. The van der Waals surface area contributed by atoms with Gasteiger partial charge in [0.15, 0.2) is 0 Å². The van der Waals surface area contributed by atoms with Crippen molar-refractivity contribution in [1.82, 2.24) is 10.2 Å². The minimum atomic E-state index is -0.0577. The van der Waals surface area contributed by atoms with E-state index in [0.29, 0.717) is 24.4 Å². The average Bonchev–Trinajstić information content (AvgIpc) is 2.36. The highest BCUT2D eigenvalue weighted by atomic mass is 16.5. The maximum atomic E-state index is 12.0. The number of nitrogens with zero attached hydrogens (tertiary/aromatic N) is 1. The van der Waals surface area contributed by atoms with Gasteiger partial charge >= 0.3 is 0 Å². The van der Waals surface area contributed by atoms with Crippen molar-refractivity contribution in [2.24, 2.45) is 0 Å². The Labute approximate surface area is 114 Å². The summed E-state index contributed by atoms with van der Waals surface area (Å²) in [5.41, 5.74) is 7.91. The molecule has 1 rings (SSSR count). The highest BCUT2D eigenvalue weighted by molar-refractivity contribution is 5.95. The molecular weight excluding hydrogens is 242 g/mol. The lowest BCUT2D eigenvalue weighted by molar-refractivity contribution is 0.0947. The Bertz CT molecular complexity index is 421. The van der Waals surface area contributed by atoms with E-state index in [1.807, 2.05) is 14.0 Å². The van der Waals surface area contributed by atoms with Crippen molar-refractivity contribution in [1.29, 1.82) is 0 Å². The summed E-state index contributed by atoms with van der Waals surface area (Å²) in [6.45, 7) is 4.84. The first-order valence-electron chi connectivity index (χ1n) is 6.36. The van der Waals surface area contributed by atoms with Gasteiger partial charge in [-0.15, -0.1) is 0 Å². The molecule has 5 heteroatoms. The van der Waals surface area contributed by atoms with Gasteiger partial charge < -0.3 is 20.7 Å². The van der Waals surface area contributed by atoms with Crippen LogP contribution in [0.25, 0.3) is 0 Å². The summed E-state index contributed by atoms with van der Waals surface area (Å²) in [7, 11) is 3.68. The van der Waals surface area contributed by atoms with Gasteiger partial charge in [-0.1, -0.05) is 0 Å². The molecule has 1 amide bonds. The molecule has 0 aromatic heterocycles. The zero-order valence-electron chi connectivity index (χ0n) is 11.9. The van der Waals surface area contributed by atoms with Crippen LogP contribution in [0.1, 0.15) is 15.9 Å². The highest BCUT2D eigenvalue weighted by Crippen LogP contribution is 2.12. The van der Waals surface area contributed by atoms with Crippen LogP contribution in [0.5, 0.6) is 0 Å². The van der Waals surface area contributed by atoms with E-state index < -0.39 is 0 Å². The number of carbonyl (C=O) groups excluding carboxylic acids is 1. The Morgan fingerprint density at radius 2 is 2.16 bits per heavy atom. The topological polar surface area (TPSA) is 67.6 Å². The van der Waals surface area contributed by atoms with Crippen LogP contribution in [0.2, 0.25) is 0 Å². The summed E-state index contributed by atoms with van der Waals surface area (Å²) >= 11 is 0. The van der Waals surface area contributed by atoms with Crippen molar-refractivity contribution in [3.05, 3.63) is 29.3 Å². The van der Waals surface area contributed by atoms with E-state index in [2.05, 4.69) is 10.2 Å². The Morgan fingerprint density at radius 3 is 2.79 bits per heavy atom. The van der Waals surface area contributed by atoms with E-state index in [1.54, 1.807) is 25.3 Å². The lowest BCUT2D eigenvalue weighted by Crippen LogP contribution is -2.34. The number of rotatable bonds is 7. The number of amides is 1. The van der Waals surface area contributed by atoms with E-state index in [9.17, 15) is 4.79 Å². The fourth-order valence-electron chi connectivity index (χ4n) is 1.76. The molecule has 0 aliphatic heterocycles. The number of ether oxygens (including phenoxy) is 1. The molecule has 1 aromatic rings. The number of anilines is 1. The van der Waals surface area contributed by atoms with E-state index in [-0.39, 0.29) is 5.91 Å². The molecule has 0 heterocycles. The van der Waals surface area contributed by atoms with Gasteiger partial charge in [0.1, 0.15) is 0 Å². The number of nitrogen functional groups attached to an aromatic ring is 1. The average molecular weight is 265 g/mol. The fraction of sp³-hybridized carbons (Fsp3) is 0.500. The van der Waals surface area contributed by atoms with Crippen LogP contribution in [-0.4, -0.2) is 51.2 Å². The first-order chi connectivity index (χ1) is 9.04. The van der Waals surface area contributed by atoms with E-state index >= 15 is 0 Å². The summed E-state index contributed by atoms with van der Waals surface area (Å²) in [5, 5.41) is 2.90. The minimum absolute atomic E-state index is 0.0577. The number of hydrogen-bond donors (Lipinski definition) is 2. The third-order valence-electron chi connectivity index (χ3n) is 2.95. The highest BCUT2D eigenvalue weighted by Gasteiger charge is 2.08. The summed E-state index contributed by atoms with van der Waals surface area (Å²) in [6, 6.07) is 5.31. The van der Waals surface area contributed by atoms with E-state index in [1.165, 1.54) is 0 Å². The van der Waals surface area contributed by atoms with E-state index in [4.69, 9.17) is 10.5 Å². The summed E-state index contributed by atoms with van der Waals surface area (Å²) in [5.74, 6) is -0.0577. The molecular formula is C14H23N3O2. The molecule has 5 nitrogen and oxygen atoms in total. The smallest absolute Gasteiger partial charge is 0.251 e. The number of nitrogens with two attached hydrogens (primary N) is 1. The second-order valence-electron chi connectivity index (χ2n) is 4.63. The van der Waals surface area contributed by atoms with Gasteiger partial charge in [-0.05, 0) is 37.7 Å². The number of methoxy groups -OCH3 is 1. The minimum Gasteiger partial charge on any atom is -0.399 e. The maximum absolute atomic E-state index is 12.0. The van der Waals surface area contributed by atoms with Gasteiger partial charge in [0.2, 0.25) is 0 Å². The molecule has 19 heavy (non-hydrogen) atoms. The van der Waals surface area contributed by atoms with Gasteiger partial charge in [0.25, 0.3) is 5.91 Å². The molecule has 0 aliphatic carbocycles. The Morgan fingerprint density at radius 1 is 1.42 bits per heavy atom. The molecule has 0 aliphatic rings. The van der Waals surface area contributed by atoms with Crippen molar-refractivity contribution in [3.8, 4) is 0 Å². The number of likely N-dealkylation sites (N-methyl/N-ethyl adjacent to an activating group) is 1. The van der Waals surface area contributed by atoms with Crippen LogP contribution in [0, 0.1) is 6.92 Å². The van der Waals surface area contributed by atoms with Gasteiger partial charge in [0, 0.05) is 38.0 Å². The SMILES string of the molecule is COCCN(C)CCNC(=O)c1ccc(N)cc1C. The van der Waals surface area contributed by atoms with E-state index in [0.717, 1.165) is 18.7 Å². The number of nitrogens with one attached hydrogen (secondary N) is 1. The molecule has 0 atom stereocenters. The normalized spacial score (nSPS) is 10.7. The molecule has 106 valence electrons. The third kappa shape index (κ3) is 5.28. The molecule has 0 saturated heterocycles. The fourth-order valence-corrected chi connectivity index (χ4v) is 1.76. The first-order valence-corrected chi connectivity index (χ1v) is 6.36. The maximum Gasteiger partial charge on any atom is 0.251 e. The molecule has 0 bridgehead atoms. The lowest BCUT2D eigenvalue weighted by Gasteiger charge is -2.16. The molecule has 0 spiro atoms. The van der Waals surface area contributed by atoms with Crippen LogP contribution in [0.4, 0.5) is 5.69 Å². The Kier molecular flexibility index (Phi) is 6.32. The van der Waals surface area contributed by atoms with Gasteiger partial charge in [-0.25, -0.2) is 0 Å². The van der Waals surface area contributed by atoms with Crippen LogP contribution >= 0.6 is 0 Å². The number of hydrogen-bond acceptors (Lipinski definition) is 4. The lowest BCUT2D eigenvalue weighted by atomic mass is 10.1. The Hall–Kier alpha value is -1.59. The van der Waals surface area contributed by atoms with Gasteiger partial charge in [-0.2, -0.15) is 0 Å². The predicted molar refractivity (Wildman–Crippen MR) is 77.3 cm³/mol. The standard InChI is InChI=1S/C14H23N3O2/c1-11-10-12(15)4-5-13(11)14(18)16-6-7-17(2)8-9-19-3/h4-5,10H,6-9,15H2,1-3H3,(H,16,18). The summed E-state index contributed by atoms with van der Waals surface area (Å²) < 4.78 is 5.00. The molecule has 0 fully saturated rings. The van der Waals surface area contributed by atoms with Crippen LogP contribution in [0.15, 0.2) is 18.2 Å². The monoisotopic (exact) mass is 265 g/mol. The third-order valence-corrected chi connectivity index (χ3v) is 2.95. The molecule has 0 unspecified atom stereocenters. The predicted octanol–water partition coefficient (Wildman–Crippen LogP) is 0.885. The van der Waals surface area contributed by atoms with Crippen molar-refractivity contribution >= 4 is 11.6 Å². The number of aryl methyl sites for hydroxylation is 1. The quantitative estimate of drug-likeness (QED) is 0.718. The molecule has 0 radical (unpaired) electrons. The summed E-state index contributed by atoms with van der Waals surface area (Å²) in [6.07, 6.45) is 0. The number of carbonyl (C=O) groups is 1. The number of benzene rings is 1. The second-order valence-corrected chi connectivity index (χ2v) is 4.63. The molecule has 1 aromatic carbocycles. The van der Waals surface area contributed by atoms with Crippen LogP contribution in [-0.2, 0) is 4.74 Å². The second kappa shape index (κ2) is 7.76. The summed E-state index contributed by atoms with van der Waals surface area (Å²) in [4.78, 5) is 14.1. The molecule has 3 N–H and O–H groups in total. The van der Waals surface area contributed by atoms with Gasteiger partial charge in [-0.3, -0.25) is 4.79 Å². The largest absolute Gasteiger partial charge is 0.399 e. The van der Waals surface area contributed by atoms with Crippen molar-refractivity contribution in [2.75, 3.05) is 46.1 Å². The Balaban J connectivity index is 2.39. The molecule has 0 saturated carbocycles.